The molecule has 76 valence electrons. The number of halogens is 1. The van der Waals surface area contributed by atoms with Gasteiger partial charge in [0.1, 0.15) is 0 Å². The second-order valence-electron chi connectivity index (χ2n) is 3.33. The molecule has 1 saturated heterocycles. The van der Waals surface area contributed by atoms with Crippen molar-refractivity contribution in [3.8, 4) is 0 Å². The van der Waals surface area contributed by atoms with Crippen molar-refractivity contribution in [3.63, 3.8) is 0 Å². The minimum atomic E-state index is -0.0658. The molecule has 1 aliphatic heterocycles. The van der Waals surface area contributed by atoms with E-state index in [2.05, 4.69) is 30.3 Å². The second kappa shape index (κ2) is 5.18. The molecular formula is C11H13ClOSe. The normalized spacial score (nSPS) is 27.5. The van der Waals surface area contributed by atoms with Crippen LogP contribution in [0.1, 0.15) is 12.8 Å². The average Bonchev–Trinajstić information content (AvgIpc) is 2.23. The molecule has 14 heavy (non-hydrogen) atoms. The van der Waals surface area contributed by atoms with E-state index in [1.807, 2.05) is 0 Å². The molecule has 1 heterocycles. The van der Waals surface area contributed by atoms with E-state index in [1.165, 1.54) is 10.9 Å². The Kier molecular flexibility index (Phi) is 3.89. The first-order valence-corrected chi connectivity index (χ1v) is 7.12. The molecule has 0 N–H and O–H groups in total. The van der Waals surface area contributed by atoms with Gasteiger partial charge in [0.2, 0.25) is 0 Å². The van der Waals surface area contributed by atoms with Crippen molar-refractivity contribution < 1.29 is 4.74 Å². The summed E-state index contributed by atoms with van der Waals surface area (Å²) >= 11 is 6.58. The number of hydrogen-bond donors (Lipinski definition) is 0. The van der Waals surface area contributed by atoms with E-state index in [0.717, 1.165) is 13.0 Å². The van der Waals surface area contributed by atoms with Crippen LogP contribution in [0.5, 0.6) is 0 Å². The number of ether oxygens (including phenoxy) is 1. The predicted octanol–water partition coefficient (Wildman–Crippen LogP) is 2.18. The molecule has 0 aliphatic carbocycles. The summed E-state index contributed by atoms with van der Waals surface area (Å²) in [5.74, 6) is 0. The Morgan fingerprint density at radius 1 is 1.29 bits per heavy atom. The zero-order valence-corrected chi connectivity index (χ0v) is 10.3. The molecule has 1 aromatic carbocycles. The molecule has 3 heteroatoms. The van der Waals surface area contributed by atoms with Crippen molar-refractivity contribution >= 4 is 31.0 Å². The van der Waals surface area contributed by atoms with Gasteiger partial charge >= 0.3 is 95.9 Å². The van der Waals surface area contributed by atoms with Crippen LogP contribution in [0, 0.1) is 0 Å². The molecular weight excluding hydrogens is 263 g/mol. The third-order valence-electron chi connectivity index (χ3n) is 2.23. The first kappa shape index (κ1) is 10.5. The summed E-state index contributed by atoms with van der Waals surface area (Å²) in [5, 5.41) is 0. The Morgan fingerprint density at radius 2 is 2.07 bits per heavy atom. The summed E-state index contributed by atoms with van der Waals surface area (Å²) in [4.78, 5) is 0.542. The summed E-state index contributed by atoms with van der Waals surface area (Å²) in [6, 6.07) is 10.6. The van der Waals surface area contributed by atoms with Gasteiger partial charge in [-0.05, 0) is 0 Å². The topological polar surface area (TPSA) is 9.23 Å². The van der Waals surface area contributed by atoms with Gasteiger partial charge < -0.3 is 0 Å². The summed E-state index contributed by atoms with van der Waals surface area (Å²) in [6.45, 7) is 0.829. The number of benzene rings is 1. The summed E-state index contributed by atoms with van der Waals surface area (Å²) in [6.07, 6.45) is 2.37. The molecule has 1 fully saturated rings. The van der Waals surface area contributed by atoms with Crippen LogP contribution in [-0.4, -0.2) is 27.1 Å². The van der Waals surface area contributed by atoms with Gasteiger partial charge in [0, 0.05) is 0 Å². The second-order valence-corrected chi connectivity index (χ2v) is 6.52. The summed E-state index contributed by atoms with van der Waals surface area (Å²) in [5.41, 5.74) is -0.0658. The van der Waals surface area contributed by atoms with Crippen LogP contribution in [0.25, 0.3) is 0 Å². The van der Waals surface area contributed by atoms with E-state index in [0.29, 0.717) is 19.8 Å². The van der Waals surface area contributed by atoms with Gasteiger partial charge in [0.15, 0.2) is 0 Å². The van der Waals surface area contributed by atoms with Gasteiger partial charge in [0.05, 0.1) is 0 Å². The molecule has 0 bridgehead atoms. The van der Waals surface area contributed by atoms with Gasteiger partial charge in [-0.1, -0.05) is 0 Å². The number of rotatable bonds is 2. The quantitative estimate of drug-likeness (QED) is 0.594. The standard InChI is InChI=1S/C11H13ClOSe/c12-11-10(7-4-8-13-11)14-9-5-2-1-3-6-9/h1-3,5-6,10-11H,4,7-8H2/t10-,11-/m1/s1. The van der Waals surface area contributed by atoms with Crippen molar-refractivity contribution in [2.24, 2.45) is 0 Å². The molecule has 1 nitrogen and oxygen atoms in total. The molecule has 1 aromatic rings. The molecule has 0 aromatic heterocycles. The Morgan fingerprint density at radius 3 is 2.79 bits per heavy atom. The van der Waals surface area contributed by atoms with E-state index >= 15 is 0 Å². The van der Waals surface area contributed by atoms with Crippen LogP contribution in [0.2, 0.25) is 4.82 Å². The third kappa shape index (κ3) is 2.74. The monoisotopic (exact) mass is 276 g/mol. The minimum absolute atomic E-state index is 0.0658. The maximum absolute atomic E-state index is 6.13. The SMILES string of the molecule is Cl[C@@H]1OCCC[C@H]1[Se]c1ccccc1. The van der Waals surface area contributed by atoms with Crippen molar-refractivity contribution in [3.05, 3.63) is 30.3 Å². The summed E-state index contributed by atoms with van der Waals surface area (Å²) in [7, 11) is 0. The van der Waals surface area contributed by atoms with E-state index in [9.17, 15) is 0 Å². The molecule has 1 aliphatic rings. The van der Waals surface area contributed by atoms with Crippen molar-refractivity contribution in [1.29, 1.82) is 0 Å². The van der Waals surface area contributed by atoms with Crippen molar-refractivity contribution in [2.45, 2.75) is 23.2 Å². The Balaban J connectivity index is 1.96. The van der Waals surface area contributed by atoms with Gasteiger partial charge in [0.25, 0.3) is 0 Å². The number of alkyl halides is 1. The van der Waals surface area contributed by atoms with Crippen molar-refractivity contribution in [2.75, 3.05) is 6.61 Å². The van der Waals surface area contributed by atoms with Gasteiger partial charge in [-0.3, -0.25) is 0 Å². The fraction of sp³-hybridized carbons (Fsp3) is 0.455. The number of hydrogen-bond acceptors (Lipinski definition) is 1. The van der Waals surface area contributed by atoms with Gasteiger partial charge in [-0.25, -0.2) is 0 Å². The van der Waals surface area contributed by atoms with Crippen LogP contribution in [0.15, 0.2) is 30.3 Å². The molecule has 0 amide bonds. The van der Waals surface area contributed by atoms with Crippen LogP contribution < -0.4 is 4.46 Å². The summed E-state index contributed by atoms with van der Waals surface area (Å²) < 4.78 is 6.86. The zero-order valence-electron chi connectivity index (χ0n) is 7.86. The Labute approximate surface area is 95.9 Å². The maximum atomic E-state index is 6.13. The predicted molar refractivity (Wildman–Crippen MR) is 60.4 cm³/mol. The van der Waals surface area contributed by atoms with E-state index < -0.39 is 0 Å². The average molecular weight is 276 g/mol. The molecule has 0 unspecified atom stereocenters. The Hall–Kier alpha value is -0.0105. The van der Waals surface area contributed by atoms with Crippen LogP contribution in [-0.2, 0) is 4.74 Å². The van der Waals surface area contributed by atoms with Crippen LogP contribution in [0.3, 0.4) is 0 Å². The molecule has 2 atom stereocenters. The molecule has 0 spiro atoms. The van der Waals surface area contributed by atoms with Crippen LogP contribution in [0.4, 0.5) is 0 Å². The van der Waals surface area contributed by atoms with Crippen molar-refractivity contribution in [1.82, 2.24) is 0 Å². The first-order valence-electron chi connectivity index (χ1n) is 4.83. The van der Waals surface area contributed by atoms with E-state index in [-0.39, 0.29) is 5.56 Å². The van der Waals surface area contributed by atoms with Crippen LogP contribution >= 0.6 is 11.6 Å². The molecule has 0 radical (unpaired) electrons. The van der Waals surface area contributed by atoms with E-state index in [1.54, 1.807) is 0 Å². The van der Waals surface area contributed by atoms with Gasteiger partial charge in [-0.2, -0.15) is 0 Å². The fourth-order valence-corrected chi connectivity index (χ4v) is 4.37. The first-order chi connectivity index (χ1) is 6.86. The molecule has 2 rings (SSSR count). The zero-order chi connectivity index (χ0) is 9.80. The third-order valence-corrected chi connectivity index (χ3v) is 5.79. The molecule has 0 saturated carbocycles. The van der Waals surface area contributed by atoms with E-state index in [4.69, 9.17) is 16.3 Å². The fourth-order valence-electron chi connectivity index (χ4n) is 1.51. The van der Waals surface area contributed by atoms with Gasteiger partial charge in [-0.15, -0.1) is 0 Å². The Bertz CT molecular complexity index is 278.